The second-order valence-electron chi connectivity index (χ2n) is 9.32. The quantitative estimate of drug-likeness (QED) is 0.410. The second-order valence-corrected chi connectivity index (χ2v) is 9.32. The van der Waals surface area contributed by atoms with Crippen molar-refractivity contribution in [2.24, 2.45) is 0 Å². The van der Waals surface area contributed by atoms with Crippen LogP contribution in [0.4, 0.5) is 5.69 Å². The summed E-state index contributed by atoms with van der Waals surface area (Å²) in [5, 5.41) is 0. The average molecular weight is 483 g/mol. The van der Waals surface area contributed by atoms with Gasteiger partial charge in [0.2, 0.25) is 0 Å². The number of rotatable bonds is 4. The van der Waals surface area contributed by atoms with E-state index in [-0.39, 0.29) is 22.6 Å². The summed E-state index contributed by atoms with van der Waals surface area (Å²) in [5.41, 5.74) is 5.03. The Labute approximate surface area is 209 Å². The Morgan fingerprint density at radius 1 is 0.889 bits per heavy atom. The Hall–Kier alpha value is -4.26. The molecule has 36 heavy (non-hydrogen) atoms. The van der Waals surface area contributed by atoms with Crippen molar-refractivity contribution in [1.82, 2.24) is 4.90 Å². The zero-order valence-corrected chi connectivity index (χ0v) is 20.4. The predicted octanol–water partition coefficient (Wildman–Crippen LogP) is 4.23. The summed E-state index contributed by atoms with van der Waals surface area (Å²) in [6.45, 7) is 6.30. The smallest absolute Gasteiger partial charge is 0.338 e. The van der Waals surface area contributed by atoms with E-state index in [4.69, 9.17) is 4.74 Å². The number of nitrogens with zero attached hydrogens (tertiary/aromatic N) is 2. The lowest BCUT2D eigenvalue weighted by Gasteiger charge is -2.30. The van der Waals surface area contributed by atoms with Crippen LogP contribution in [0.5, 0.6) is 0 Å². The molecule has 3 aromatic rings. The van der Waals surface area contributed by atoms with Crippen molar-refractivity contribution in [3.63, 3.8) is 0 Å². The molecular formula is C29H26N2O5. The van der Waals surface area contributed by atoms with E-state index in [0.29, 0.717) is 18.8 Å². The molecule has 5 rings (SSSR count). The molecule has 2 heterocycles. The van der Waals surface area contributed by atoms with E-state index in [2.05, 4.69) is 6.07 Å². The van der Waals surface area contributed by atoms with Crippen LogP contribution in [0, 0.1) is 13.8 Å². The maximum Gasteiger partial charge on any atom is 0.338 e. The summed E-state index contributed by atoms with van der Waals surface area (Å²) >= 11 is 0. The molecule has 2 aliphatic rings. The van der Waals surface area contributed by atoms with Crippen LogP contribution >= 0.6 is 0 Å². The van der Waals surface area contributed by atoms with Gasteiger partial charge in [0.1, 0.15) is 0 Å². The number of carbonyl (C=O) groups is 4. The van der Waals surface area contributed by atoms with Crippen LogP contribution in [0.15, 0.2) is 60.7 Å². The molecule has 0 spiro atoms. The van der Waals surface area contributed by atoms with Crippen LogP contribution < -0.4 is 4.90 Å². The monoisotopic (exact) mass is 482 g/mol. The van der Waals surface area contributed by atoms with Crippen LogP contribution in [-0.2, 0) is 22.5 Å². The van der Waals surface area contributed by atoms with Crippen molar-refractivity contribution >= 4 is 29.4 Å². The molecule has 0 N–H and O–H groups in total. The highest BCUT2D eigenvalue weighted by Gasteiger charge is 2.38. The van der Waals surface area contributed by atoms with Crippen LogP contribution in [-0.4, -0.2) is 41.2 Å². The summed E-state index contributed by atoms with van der Waals surface area (Å²) in [4.78, 5) is 54.9. The zero-order valence-electron chi connectivity index (χ0n) is 20.4. The van der Waals surface area contributed by atoms with Crippen LogP contribution in [0.3, 0.4) is 0 Å². The molecule has 0 radical (unpaired) electrons. The molecule has 182 valence electrons. The van der Waals surface area contributed by atoms with Gasteiger partial charge in [-0.15, -0.1) is 0 Å². The molecule has 3 amide bonds. The standard InChI is InChI=1S/C29H26N2O5/c1-17-8-9-18(2)25(14-17)31-27(33)23-11-10-21(15-24(23)28(31)34)29(35)36-19(3)26(32)30-13-12-20-6-4-5-7-22(20)16-30/h4-11,14-15,19H,12-13,16H2,1-3H3/t19-/m0/s1. The number of ether oxygens (including phenoxy) is 1. The van der Waals surface area contributed by atoms with E-state index in [1.165, 1.54) is 23.8 Å². The highest BCUT2D eigenvalue weighted by atomic mass is 16.5. The van der Waals surface area contributed by atoms with E-state index >= 15 is 0 Å². The molecule has 0 saturated heterocycles. The van der Waals surface area contributed by atoms with Gasteiger partial charge in [-0.1, -0.05) is 36.4 Å². The van der Waals surface area contributed by atoms with Gasteiger partial charge in [-0.3, -0.25) is 14.4 Å². The van der Waals surface area contributed by atoms with Gasteiger partial charge in [0, 0.05) is 13.1 Å². The third-order valence-electron chi connectivity index (χ3n) is 6.80. The number of anilines is 1. The van der Waals surface area contributed by atoms with Gasteiger partial charge in [0.15, 0.2) is 6.10 Å². The van der Waals surface area contributed by atoms with Crippen molar-refractivity contribution in [2.75, 3.05) is 11.4 Å². The first kappa shape index (κ1) is 23.5. The normalized spacial score (nSPS) is 15.4. The number of imide groups is 1. The van der Waals surface area contributed by atoms with E-state index in [0.717, 1.165) is 28.0 Å². The molecule has 3 aromatic carbocycles. The van der Waals surface area contributed by atoms with E-state index in [9.17, 15) is 19.2 Å². The molecule has 7 nitrogen and oxygen atoms in total. The number of benzene rings is 3. The first-order valence-corrected chi connectivity index (χ1v) is 11.9. The lowest BCUT2D eigenvalue weighted by atomic mass is 9.99. The Balaban J connectivity index is 1.31. The Kier molecular flexibility index (Phi) is 5.92. The Morgan fingerprint density at radius 3 is 2.39 bits per heavy atom. The average Bonchev–Trinajstić information content (AvgIpc) is 3.13. The maximum atomic E-state index is 13.2. The van der Waals surface area contributed by atoms with Gasteiger partial charge in [-0.2, -0.15) is 0 Å². The molecule has 1 atom stereocenters. The molecule has 0 saturated carbocycles. The van der Waals surface area contributed by atoms with Gasteiger partial charge in [0.05, 0.1) is 22.4 Å². The van der Waals surface area contributed by atoms with Crippen LogP contribution in [0.1, 0.15) is 60.3 Å². The third-order valence-corrected chi connectivity index (χ3v) is 6.80. The molecule has 7 heteroatoms. The molecule has 0 aromatic heterocycles. The van der Waals surface area contributed by atoms with Crippen molar-refractivity contribution in [2.45, 2.75) is 39.8 Å². The number of aryl methyl sites for hydroxylation is 2. The fourth-order valence-corrected chi connectivity index (χ4v) is 4.77. The minimum atomic E-state index is -0.986. The fraction of sp³-hybridized carbons (Fsp3) is 0.241. The van der Waals surface area contributed by atoms with Gasteiger partial charge >= 0.3 is 5.97 Å². The van der Waals surface area contributed by atoms with Gasteiger partial charge in [-0.05, 0) is 73.7 Å². The molecule has 0 bridgehead atoms. The topological polar surface area (TPSA) is 84.0 Å². The number of fused-ring (bicyclic) bond motifs is 2. The lowest BCUT2D eigenvalue weighted by molar-refractivity contribution is -0.140. The summed E-state index contributed by atoms with van der Waals surface area (Å²) in [5.74, 6) is -1.92. The first-order chi connectivity index (χ1) is 17.2. The number of esters is 1. The highest BCUT2D eigenvalue weighted by molar-refractivity contribution is 6.35. The van der Waals surface area contributed by atoms with Gasteiger partial charge in [-0.25, -0.2) is 9.69 Å². The SMILES string of the molecule is Cc1ccc(C)c(N2C(=O)c3ccc(C(=O)O[C@@H](C)C(=O)N4CCc5ccccc5C4)cc3C2=O)c1. The highest BCUT2D eigenvalue weighted by Crippen LogP contribution is 2.32. The van der Waals surface area contributed by atoms with Crippen molar-refractivity contribution in [3.8, 4) is 0 Å². The lowest BCUT2D eigenvalue weighted by Crippen LogP contribution is -2.42. The predicted molar refractivity (Wildman–Crippen MR) is 134 cm³/mol. The summed E-state index contributed by atoms with van der Waals surface area (Å²) in [6, 6.07) is 17.8. The Morgan fingerprint density at radius 2 is 1.61 bits per heavy atom. The Bertz CT molecular complexity index is 1430. The van der Waals surface area contributed by atoms with Crippen molar-refractivity contribution in [1.29, 1.82) is 0 Å². The fourth-order valence-electron chi connectivity index (χ4n) is 4.77. The summed E-state index contributed by atoms with van der Waals surface area (Å²) in [7, 11) is 0. The number of amides is 3. The summed E-state index contributed by atoms with van der Waals surface area (Å²) in [6.07, 6.45) is -0.236. The van der Waals surface area contributed by atoms with Gasteiger partial charge < -0.3 is 9.64 Å². The van der Waals surface area contributed by atoms with Crippen LogP contribution in [0.2, 0.25) is 0 Å². The third kappa shape index (κ3) is 4.06. The zero-order chi connectivity index (χ0) is 25.6. The van der Waals surface area contributed by atoms with Gasteiger partial charge in [0.25, 0.3) is 17.7 Å². The molecule has 0 fully saturated rings. The molecule has 2 aliphatic heterocycles. The van der Waals surface area contributed by atoms with E-state index in [1.54, 1.807) is 17.9 Å². The number of carbonyl (C=O) groups excluding carboxylic acids is 4. The molecule has 0 unspecified atom stereocenters. The minimum absolute atomic E-state index is 0.112. The molecular weight excluding hydrogens is 456 g/mol. The summed E-state index contributed by atoms with van der Waals surface area (Å²) < 4.78 is 5.47. The van der Waals surface area contributed by atoms with Crippen molar-refractivity contribution < 1.29 is 23.9 Å². The number of hydrogen-bond donors (Lipinski definition) is 0. The second kappa shape index (κ2) is 9.07. The maximum absolute atomic E-state index is 13.2. The molecule has 0 aliphatic carbocycles. The van der Waals surface area contributed by atoms with E-state index in [1.807, 2.05) is 44.2 Å². The van der Waals surface area contributed by atoms with Crippen LogP contribution in [0.25, 0.3) is 0 Å². The van der Waals surface area contributed by atoms with Crippen molar-refractivity contribution in [3.05, 3.63) is 99.6 Å². The van der Waals surface area contributed by atoms with E-state index < -0.39 is 23.9 Å². The largest absolute Gasteiger partial charge is 0.449 e. The minimum Gasteiger partial charge on any atom is -0.449 e. The number of hydrogen-bond acceptors (Lipinski definition) is 5. The first-order valence-electron chi connectivity index (χ1n) is 11.9.